The highest BCUT2D eigenvalue weighted by atomic mass is 16.5. The fraction of sp³-hybridized carbons (Fsp3) is 1.00. The SMILES string of the molecule is CCCC1CC(CN)(N(CC2CC2)CC2CC2)CCO1. The summed E-state index contributed by atoms with van der Waals surface area (Å²) in [7, 11) is 0. The van der Waals surface area contributed by atoms with E-state index in [0.29, 0.717) is 6.10 Å². The predicted octanol–water partition coefficient (Wildman–Crippen LogP) is 2.79. The molecular formula is C17H32N2O. The molecule has 3 heteroatoms. The van der Waals surface area contributed by atoms with Crippen LogP contribution in [0.4, 0.5) is 0 Å². The quantitative estimate of drug-likeness (QED) is 0.743. The van der Waals surface area contributed by atoms with E-state index >= 15 is 0 Å². The van der Waals surface area contributed by atoms with Crippen LogP contribution in [0, 0.1) is 11.8 Å². The first-order valence-electron chi connectivity index (χ1n) is 8.82. The van der Waals surface area contributed by atoms with Crippen molar-refractivity contribution in [2.75, 3.05) is 26.2 Å². The molecular weight excluding hydrogens is 248 g/mol. The van der Waals surface area contributed by atoms with Crippen LogP contribution in [0.15, 0.2) is 0 Å². The summed E-state index contributed by atoms with van der Waals surface area (Å²) in [5.74, 6) is 1.93. The van der Waals surface area contributed by atoms with Crippen molar-refractivity contribution in [1.82, 2.24) is 4.90 Å². The minimum atomic E-state index is 0.239. The fourth-order valence-corrected chi connectivity index (χ4v) is 3.80. The summed E-state index contributed by atoms with van der Waals surface area (Å²) >= 11 is 0. The maximum atomic E-state index is 6.29. The first kappa shape index (κ1) is 14.8. The van der Waals surface area contributed by atoms with Crippen molar-refractivity contribution in [3.05, 3.63) is 0 Å². The zero-order valence-electron chi connectivity index (χ0n) is 13.2. The van der Waals surface area contributed by atoms with Crippen LogP contribution in [0.25, 0.3) is 0 Å². The van der Waals surface area contributed by atoms with Crippen LogP contribution in [0.2, 0.25) is 0 Å². The van der Waals surface area contributed by atoms with E-state index in [4.69, 9.17) is 10.5 Å². The number of hydrogen-bond acceptors (Lipinski definition) is 3. The van der Waals surface area contributed by atoms with Crippen molar-refractivity contribution < 1.29 is 4.74 Å². The molecule has 3 fully saturated rings. The van der Waals surface area contributed by atoms with E-state index in [9.17, 15) is 0 Å². The van der Waals surface area contributed by atoms with Gasteiger partial charge in [-0.3, -0.25) is 4.90 Å². The van der Waals surface area contributed by atoms with Gasteiger partial charge < -0.3 is 10.5 Å². The molecule has 3 nitrogen and oxygen atoms in total. The Morgan fingerprint density at radius 1 is 1.15 bits per heavy atom. The summed E-state index contributed by atoms with van der Waals surface area (Å²) in [5, 5.41) is 0. The second-order valence-corrected chi connectivity index (χ2v) is 7.46. The summed E-state index contributed by atoms with van der Waals surface area (Å²) < 4.78 is 5.98. The van der Waals surface area contributed by atoms with Crippen LogP contribution in [-0.4, -0.2) is 42.8 Å². The van der Waals surface area contributed by atoms with Gasteiger partial charge in [-0.25, -0.2) is 0 Å². The summed E-state index contributed by atoms with van der Waals surface area (Å²) in [6.45, 7) is 6.58. The summed E-state index contributed by atoms with van der Waals surface area (Å²) in [6, 6.07) is 0. The molecule has 0 radical (unpaired) electrons. The highest BCUT2D eigenvalue weighted by Gasteiger charge is 2.44. The van der Waals surface area contributed by atoms with Gasteiger partial charge in [-0.1, -0.05) is 13.3 Å². The molecule has 0 amide bonds. The normalized spacial score (nSPS) is 34.6. The predicted molar refractivity (Wildman–Crippen MR) is 82.7 cm³/mol. The van der Waals surface area contributed by atoms with Crippen molar-refractivity contribution in [1.29, 1.82) is 0 Å². The average molecular weight is 280 g/mol. The smallest absolute Gasteiger partial charge is 0.0593 e. The molecule has 0 aromatic rings. The van der Waals surface area contributed by atoms with E-state index < -0.39 is 0 Å². The van der Waals surface area contributed by atoms with Gasteiger partial charge in [0.2, 0.25) is 0 Å². The lowest BCUT2D eigenvalue weighted by Crippen LogP contribution is -2.59. The van der Waals surface area contributed by atoms with E-state index in [1.54, 1.807) is 0 Å². The monoisotopic (exact) mass is 280 g/mol. The highest BCUT2D eigenvalue weighted by Crippen LogP contribution is 2.40. The topological polar surface area (TPSA) is 38.5 Å². The Kier molecular flexibility index (Phi) is 4.68. The third-order valence-corrected chi connectivity index (χ3v) is 5.54. The van der Waals surface area contributed by atoms with E-state index in [-0.39, 0.29) is 5.54 Å². The number of rotatable bonds is 8. The molecule has 0 spiro atoms. The molecule has 1 aliphatic heterocycles. The maximum Gasteiger partial charge on any atom is 0.0593 e. The largest absolute Gasteiger partial charge is 0.378 e. The van der Waals surface area contributed by atoms with Crippen molar-refractivity contribution in [3.63, 3.8) is 0 Å². The molecule has 20 heavy (non-hydrogen) atoms. The van der Waals surface area contributed by atoms with Crippen molar-refractivity contribution in [2.24, 2.45) is 17.6 Å². The van der Waals surface area contributed by atoms with Crippen LogP contribution in [0.3, 0.4) is 0 Å². The van der Waals surface area contributed by atoms with Crippen LogP contribution in [0.1, 0.15) is 58.3 Å². The van der Waals surface area contributed by atoms with Gasteiger partial charge in [-0.05, 0) is 56.8 Å². The lowest BCUT2D eigenvalue weighted by atomic mass is 9.83. The Hall–Kier alpha value is -0.120. The molecule has 1 heterocycles. The summed E-state index contributed by atoms with van der Waals surface area (Å²) in [4.78, 5) is 2.80. The highest BCUT2D eigenvalue weighted by molar-refractivity contribution is 4.99. The van der Waals surface area contributed by atoms with Gasteiger partial charge >= 0.3 is 0 Å². The molecule has 2 N–H and O–H groups in total. The van der Waals surface area contributed by atoms with Crippen LogP contribution < -0.4 is 5.73 Å². The molecule has 0 aromatic heterocycles. The molecule has 116 valence electrons. The van der Waals surface area contributed by atoms with Crippen molar-refractivity contribution in [3.8, 4) is 0 Å². The second kappa shape index (κ2) is 6.33. The van der Waals surface area contributed by atoms with Crippen molar-refractivity contribution in [2.45, 2.75) is 69.9 Å². The second-order valence-electron chi connectivity index (χ2n) is 7.46. The molecule has 1 saturated heterocycles. The van der Waals surface area contributed by atoms with Gasteiger partial charge in [-0.15, -0.1) is 0 Å². The van der Waals surface area contributed by atoms with E-state index in [1.165, 1.54) is 51.6 Å². The number of nitrogens with zero attached hydrogens (tertiary/aromatic N) is 1. The summed E-state index contributed by atoms with van der Waals surface area (Å²) in [6.07, 6.45) is 10.9. The standard InChI is InChI=1S/C17H32N2O/c1-2-3-16-10-17(13-18,8-9-20-16)19(11-14-4-5-14)12-15-6-7-15/h14-16H,2-13,18H2,1H3. The third kappa shape index (κ3) is 3.55. The Morgan fingerprint density at radius 3 is 2.30 bits per heavy atom. The molecule has 2 unspecified atom stereocenters. The Labute approximate surface area is 124 Å². The fourth-order valence-electron chi connectivity index (χ4n) is 3.80. The van der Waals surface area contributed by atoms with Gasteiger partial charge in [-0.2, -0.15) is 0 Å². The van der Waals surface area contributed by atoms with Gasteiger partial charge in [0.15, 0.2) is 0 Å². The van der Waals surface area contributed by atoms with E-state index in [0.717, 1.165) is 37.8 Å². The Morgan fingerprint density at radius 2 is 1.80 bits per heavy atom. The lowest BCUT2D eigenvalue weighted by Gasteiger charge is -2.48. The van der Waals surface area contributed by atoms with Crippen molar-refractivity contribution >= 4 is 0 Å². The zero-order chi connectivity index (χ0) is 14.0. The van der Waals surface area contributed by atoms with Gasteiger partial charge in [0.25, 0.3) is 0 Å². The van der Waals surface area contributed by atoms with Crippen LogP contribution in [0.5, 0.6) is 0 Å². The van der Waals surface area contributed by atoms with Gasteiger partial charge in [0, 0.05) is 31.8 Å². The summed E-state index contributed by atoms with van der Waals surface area (Å²) in [5.41, 5.74) is 6.53. The van der Waals surface area contributed by atoms with Crippen LogP contribution >= 0.6 is 0 Å². The Balaban J connectivity index is 1.68. The minimum Gasteiger partial charge on any atom is -0.378 e. The molecule has 2 saturated carbocycles. The average Bonchev–Trinajstić information content (AvgIpc) is 3.34. The number of hydrogen-bond donors (Lipinski definition) is 1. The molecule has 0 bridgehead atoms. The zero-order valence-corrected chi connectivity index (χ0v) is 13.2. The first-order valence-corrected chi connectivity index (χ1v) is 8.82. The molecule has 3 aliphatic rings. The maximum absolute atomic E-state index is 6.29. The van der Waals surface area contributed by atoms with Crippen LogP contribution in [-0.2, 0) is 4.74 Å². The van der Waals surface area contributed by atoms with Gasteiger partial charge in [0.1, 0.15) is 0 Å². The Bertz CT molecular complexity index is 298. The molecule has 0 aromatic carbocycles. The number of ether oxygens (including phenoxy) is 1. The lowest BCUT2D eigenvalue weighted by molar-refractivity contribution is -0.0763. The molecule has 2 atom stereocenters. The molecule has 2 aliphatic carbocycles. The third-order valence-electron chi connectivity index (χ3n) is 5.54. The van der Waals surface area contributed by atoms with Gasteiger partial charge in [0.05, 0.1) is 6.10 Å². The number of nitrogens with two attached hydrogens (primary N) is 1. The van der Waals surface area contributed by atoms with E-state index in [2.05, 4.69) is 11.8 Å². The first-order chi connectivity index (χ1) is 9.75. The van der Waals surface area contributed by atoms with E-state index in [1.807, 2.05) is 0 Å². The molecule has 3 rings (SSSR count). The minimum absolute atomic E-state index is 0.239.